The van der Waals surface area contributed by atoms with Crippen LogP contribution in [0.25, 0.3) is 0 Å². The highest BCUT2D eigenvalue weighted by Crippen LogP contribution is 2.31. The van der Waals surface area contributed by atoms with Gasteiger partial charge in [0.05, 0.1) is 12.0 Å². The second-order valence-electron chi connectivity index (χ2n) is 3.55. The van der Waals surface area contributed by atoms with Crippen LogP contribution in [0.3, 0.4) is 0 Å². The zero-order valence-corrected chi connectivity index (χ0v) is 8.99. The maximum absolute atomic E-state index is 12.4. The van der Waals surface area contributed by atoms with Gasteiger partial charge in [0.15, 0.2) is 0 Å². The minimum Gasteiger partial charge on any atom is -0.490 e. The molecule has 1 aromatic carbocycles. The first-order chi connectivity index (χ1) is 7.79. The maximum Gasteiger partial charge on any atom is 0.416 e. The first-order valence-corrected chi connectivity index (χ1v) is 4.85. The lowest BCUT2D eigenvalue weighted by atomic mass is 10.2. The molecular formula is C11H11F3O3. The summed E-state index contributed by atoms with van der Waals surface area (Å²) in [6.07, 6.45) is -5.39. The summed E-state index contributed by atoms with van der Waals surface area (Å²) in [6.45, 7) is 1.48. The van der Waals surface area contributed by atoms with Crippen LogP contribution in [0.2, 0.25) is 0 Å². The van der Waals surface area contributed by atoms with Crippen molar-refractivity contribution < 1.29 is 27.8 Å². The lowest BCUT2D eigenvalue weighted by Gasteiger charge is -2.14. The molecule has 94 valence electrons. The van der Waals surface area contributed by atoms with E-state index in [1.54, 1.807) is 0 Å². The van der Waals surface area contributed by atoms with Gasteiger partial charge in [-0.3, -0.25) is 4.79 Å². The van der Waals surface area contributed by atoms with E-state index in [-0.39, 0.29) is 12.2 Å². The molecule has 0 unspecified atom stereocenters. The lowest BCUT2D eigenvalue weighted by Crippen LogP contribution is -2.17. The number of halogens is 3. The average molecular weight is 248 g/mol. The fourth-order valence-corrected chi connectivity index (χ4v) is 1.27. The number of benzene rings is 1. The van der Waals surface area contributed by atoms with Crippen molar-refractivity contribution in [2.24, 2.45) is 0 Å². The molecule has 0 bridgehead atoms. The van der Waals surface area contributed by atoms with Crippen molar-refractivity contribution in [3.63, 3.8) is 0 Å². The molecule has 0 spiro atoms. The lowest BCUT2D eigenvalue weighted by molar-refractivity contribution is -0.139. The van der Waals surface area contributed by atoms with E-state index in [9.17, 15) is 18.0 Å². The number of rotatable bonds is 4. The van der Waals surface area contributed by atoms with Crippen LogP contribution in [-0.4, -0.2) is 17.2 Å². The summed E-state index contributed by atoms with van der Waals surface area (Å²) in [6, 6.07) is 4.34. The van der Waals surface area contributed by atoms with Gasteiger partial charge in [0.25, 0.3) is 0 Å². The molecule has 17 heavy (non-hydrogen) atoms. The molecule has 0 heterocycles. The predicted molar refractivity (Wildman–Crippen MR) is 53.8 cm³/mol. The SMILES string of the molecule is C[C@@H](CC(=O)O)Oc1cccc(C(F)(F)F)c1. The molecule has 0 aromatic heterocycles. The third-order valence-corrected chi connectivity index (χ3v) is 1.96. The molecule has 0 aliphatic heterocycles. The number of ether oxygens (including phenoxy) is 1. The number of alkyl halides is 3. The second-order valence-corrected chi connectivity index (χ2v) is 3.55. The Morgan fingerprint density at radius 3 is 2.65 bits per heavy atom. The highest BCUT2D eigenvalue weighted by molar-refractivity contribution is 5.67. The van der Waals surface area contributed by atoms with Crippen LogP contribution in [0.1, 0.15) is 18.9 Å². The van der Waals surface area contributed by atoms with Crippen molar-refractivity contribution in [1.82, 2.24) is 0 Å². The van der Waals surface area contributed by atoms with Crippen molar-refractivity contribution >= 4 is 5.97 Å². The van der Waals surface area contributed by atoms with Crippen LogP contribution in [0.15, 0.2) is 24.3 Å². The van der Waals surface area contributed by atoms with Crippen LogP contribution < -0.4 is 4.74 Å². The van der Waals surface area contributed by atoms with Crippen LogP contribution in [0, 0.1) is 0 Å². The zero-order chi connectivity index (χ0) is 13.1. The number of carboxylic acids is 1. The Bertz CT molecular complexity index is 401. The first kappa shape index (κ1) is 13.3. The van der Waals surface area contributed by atoms with Gasteiger partial charge in [0, 0.05) is 0 Å². The Morgan fingerprint density at radius 2 is 2.12 bits per heavy atom. The molecule has 0 radical (unpaired) electrons. The summed E-state index contributed by atoms with van der Waals surface area (Å²) in [5.41, 5.74) is -0.822. The van der Waals surface area contributed by atoms with E-state index >= 15 is 0 Å². The van der Waals surface area contributed by atoms with Crippen molar-refractivity contribution in [2.75, 3.05) is 0 Å². The third-order valence-electron chi connectivity index (χ3n) is 1.96. The van der Waals surface area contributed by atoms with Crippen molar-refractivity contribution in [2.45, 2.75) is 25.6 Å². The van der Waals surface area contributed by atoms with E-state index < -0.39 is 23.8 Å². The third kappa shape index (κ3) is 4.34. The Labute approximate surface area is 95.8 Å². The largest absolute Gasteiger partial charge is 0.490 e. The monoisotopic (exact) mass is 248 g/mol. The summed E-state index contributed by atoms with van der Waals surface area (Å²) in [5.74, 6) is -1.06. The average Bonchev–Trinajstić information content (AvgIpc) is 2.15. The van der Waals surface area contributed by atoms with E-state index in [1.807, 2.05) is 0 Å². The Kier molecular flexibility index (Phi) is 3.98. The van der Waals surface area contributed by atoms with E-state index in [0.29, 0.717) is 0 Å². The predicted octanol–water partition coefficient (Wildman–Crippen LogP) is 2.95. The highest BCUT2D eigenvalue weighted by atomic mass is 19.4. The number of hydrogen-bond acceptors (Lipinski definition) is 2. The molecule has 1 atom stereocenters. The van der Waals surface area contributed by atoms with Gasteiger partial charge in [-0.25, -0.2) is 0 Å². The fourth-order valence-electron chi connectivity index (χ4n) is 1.27. The van der Waals surface area contributed by atoms with Crippen LogP contribution in [-0.2, 0) is 11.0 Å². The van der Waals surface area contributed by atoms with E-state index in [4.69, 9.17) is 9.84 Å². The summed E-state index contributed by atoms with van der Waals surface area (Å²) in [4.78, 5) is 10.4. The maximum atomic E-state index is 12.4. The van der Waals surface area contributed by atoms with Crippen LogP contribution >= 0.6 is 0 Å². The van der Waals surface area contributed by atoms with Gasteiger partial charge in [-0.15, -0.1) is 0 Å². The molecule has 0 aliphatic carbocycles. The number of aliphatic carboxylic acids is 1. The minimum absolute atomic E-state index is 0.00794. The quantitative estimate of drug-likeness (QED) is 0.891. The van der Waals surface area contributed by atoms with E-state index in [0.717, 1.165) is 12.1 Å². The molecule has 6 heteroatoms. The van der Waals surface area contributed by atoms with Gasteiger partial charge in [0.2, 0.25) is 0 Å². The van der Waals surface area contributed by atoms with Crippen molar-refractivity contribution in [3.05, 3.63) is 29.8 Å². The van der Waals surface area contributed by atoms with Gasteiger partial charge in [-0.1, -0.05) is 6.07 Å². The topological polar surface area (TPSA) is 46.5 Å². The van der Waals surface area contributed by atoms with Gasteiger partial charge in [-0.05, 0) is 25.1 Å². The first-order valence-electron chi connectivity index (χ1n) is 4.85. The summed E-state index contributed by atoms with van der Waals surface area (Å²) < 4.78 is 42.2. The molecule has 0 saturated carbocycles. The van der Waals surface area contributed by atoms with Gasteiger partial charge in [-0.2, -0.15) is 13.2 Å². The highest BCUT2D eigenvalue weighted by Gasteiger charge is 2.30. The Morgan fingerprint density at radius 1 is 1.47 bits per heavy atom. The Balaban J connectivity index is 2.76. The minimum atomic E-state index is -4.44. The van der Waals surface area contributed by atoms with Crippen LogP contribution in [0.4, 0.5) is 13.2 Å². The molecule has 0 saturated heterocycles. The molecule has 0 aliphatic rings. The number of carboxylic acid groups (broad SMARTS) is 1. The van der Waals surface area contributed by atoms with E-state index in [1.165, 1.54) is 19.1 Å². The molecule has 1 aromatic rings. The van der Waals surface area contributed by atoms with Gasteiger partial charge in [0.1, 0.15) is 11.9 Å². The summed E-state index contributed by atoms with van der Waals surface area (Å²) >= 11 is 0. The molecule has 1 N–H and O–H groups in total. The fraction of sp³-hybridized carbons (Fsp3) is 0.364. The van der Waals surface area contributed by atoms with E-state index in [2.05, 4.69) is 0 Å². The van der Waals surface area contributed by atoms with Crippen LogP contribution in [0.5, 0.6) is 5.75 Å². The summed E-state index contributed by atoms with van der Waals surface area (Å²) in [7, 11) is 0. The molecule has 1 rings (SSSR count). The molecular weight excluding hydrogens is 237 g/mol. The number of carbonyl (C=O) groups is 1. The van der Waals surface area contributed by atoms with Gasteiger partial charge < -0.3 is 9.84 Å². The zero-order valence-electron chi connectivity index (χ0n) is 8.99. The number of hydrogen-bond donors (Lipinski definition) is 1. The second kappa shape index (κ2) is 5.07. The Hall–Kier alpha value is -1.72. The molecule has 0 fully saturated rings. The molecule has 3 nitrogen and oxygen atoms in total. The van der Waals surface area contributed by atoms with Crippen molar-refractivity contribution in [3.8, 4) is 5.75 Å². The standard InChI is InChI=1S/C11H11F3O3/c1-7(5-10(15)16)17-9-4-2-3-8(6-9)11(12,13)14/h2-4,6-7H,5H2,1H3,(H,15,16)/t7-/m0/s1. The molecule has 0 amide bonds. The summed E-state index contributed by atoms with van der Waals surface area (Å²) in [5, 5.41) is 8.49. The van der Waals surface area contributed by atoms with Crippen molar-refractivity contribution in [1.29, 1.82) is 0 Å². The normalized spacial score (nSPS) is 13.2. The van der Waals surface area contributed by atoms with Gasteiger partial charge >= 0.3 is 12.1 Å². The smallest absolute Gasteiger partial charge is 0.416 e.